The Morgan fingerprint density at radius 1 is 1.59 bits per heavy atom. The Kier molecular flexibility index (Phi) is 4.30. The molecule has 17 heavy (non-hydrogen) atoms. The van der Waals surface area contributed by atoms with Crippen LogP contribution in [0.4, 0.5) is 0 Å². The van der Waals surface area contributed by atoms with Crippen molar-refractivity contribution in [3.8, 4) is 0 Å². The molecule has 0 radical (unpaired) electrons. The molecule has 8 nitrogen and oxygen atoms in total. The van der Waals surface area contributed by atoms with Gasteiger partial charge in [-0.1, -0.05) is 6.92 Å². The van der Waals surface area contributed by atoms with Crippen LogP contribution < -0.4 is 0 Å². The summed E-state index contributed by atoms with van der Waals surface area (Å²) in [5.41, 5.74) is 0.597. The average molecular weight is 284 g/mol. The number of imidazole rings is 1. The van der Waals surface area contributed by atoms with Crippen molar-refractivity contribution >= 4 is 15.6 Å². The highest BCUT2D eigenvalue weighted by Gasteiger charge is 2.51. The summed E-state index contributed by atoms with van der Waals surface area (Å²) in [4.78, 5) is 30.6. The van der Waals surface area contributed by atoms with Crippen molar-refractivity contribution in [3.63, 3.8) is 0 Å². The topological polar surface area (TPSA) is 133 Å². The average Bonchev–Trinajstić information content (AvgIpc) is 2.62. The normalized spacial score (nSPS) is 17.7. The smallest absolute Gasteiger partial charge is 0.368 e. The number of aromatic nitrogens is 2. The Labute approximate surface area is 98.0 Å². The van der Waals surface area contributed by atoms with Crippen LogP contribution >= 0.6 is 15.6 Å². The molecule has 1 aromatic rings. The van der Waals surface area contributed by atoms with Crippen molar-refractivity contribution in [2.45, 2.75) is 25.0 Å². The fourth-order valence-corrected chi connectivity index (χ4v) is 2.95. The second-order valence-electron chi connectivity index (χ2n) is 3.53. The molecule has 0 bridgehead atoms. The van der Waals surface area contributed by atoms with Gasteiger partial charge in [-0.2, -0.15) is 0 Å². The van der Waals surface area contributed by atoms with Crippen LogP contribution in [0.3, 0.4) is 0 Å². The van der Waals surface area contributed by atoms with Crippen molar-refractivity contribution in [2.24, 2.45) is 0 Å². The number of rotatable bonds is 5. The largest absolute Gasteiger partial charge is 0.368 e. The van der Waals surface area contributed by atoms with E-state index in [0.717, 1.165) is 0 Å². The van der Waals surface area contributed by atoms with Crippen LogP contribution in [0.1, 0.15) is 12.6 Å². The lowest BCUT2D eigenvalue weighted by molar-refractivity contribution is 0.136. The molecule has 4 N–H and O–H groups in total. The summed E-state index contributed by atoms with van der Waals surface area (Å²) >= 11 is 0. The zero-order valence-corrected chi connectivity index (χ0v) is 10.9. The highest BCUT2D eigenvalue weighted by atomic mass is 31.2. The van der Waals surface area contributed by atoms with E-state index < -0.39 is 27.3 Å². The maximum Gasteiger partial charge on any atom is 0.368 e. The molecular weight excluding hydrogens is 270 g/mol. The lowest BCUT2D eigenvalue weighted by atomic mass is 10.3. The summed E-state index contributed by atoms with van der Waals surface area (Å²) in [6.45, 7) is 1.11. The van der Waals surface area contributed by atoms with Gasteiger partial charge in [0, 0.05) is 11.9 Å². The van der Waals surface area contributed by atoms with Crippen LogP contribution in [-0.4, -0.2) is 34.4 Å². The number of hydrogen-bond donors (Lipinski definition) is 4. The quantitative estimate of drug-likeness (QED) is 0.547. The molecule has 0 aromatic carbocycles. The van der Waals surface area contributed by atoms with Crippen LogP contribution in [0.15, 0.2) is 12.5 Å². The molecule has 1 heterocycles. The first-order valence-corrected chi connectivity index (χ1v) is 7.69. The maximum absolute atomic E-state index is 11.1. The summed E-state index contributed by atoms with van der Waals surface area (Å²) in [7, 11) is -8.96. The highest BCUT2D eigenvalue weighted by molar-refractivity contribution is 7.66. The summed E-state index contributed by atoms with van der Waals surface area (Å²) in [5.74, 6) is 0. The minimum atomic E-state index is -5.13. The number of aliphatic hydroxyl groups is 1. The van der Waals surface area contributed by atoms with Gasteiger partial charge in [0.05, 0.1) is 12.9 Å². The van der Waals surface area contributed by atoms with Crippen molar-refractivity contribution < 1.29 is 28.9 Å². The van der Waals surface area contributed by atoms with Gasteiger partial charge in [-0.3, -0.25) is 9.13 Å². The molecular formula is C7H14N2O6P2. The Bertz CT molecular complexity index is 469. The molecule has 0 saturated carbocycles. The third kappa shape index (κ3) is 2.85. The minimum absolute atomic E-state index is 0.517. The standard InChI is InChI=1S/C7H14N2O6P2/c1-2-6-3-8-5-9(6)4-7(10,16(11)12)17(13,14)15/h3,5,10,16H,2,4H2,1H3,(H,11,12)(H2,13,14,15). The molecule has 0 aliphatic rings. The number of hydrogen-bond acceptors (Lipinski definition) is 4. The van der Waals surface area contributed by atoms with Crippen molar-refractivity contribution in [2.75, 3.05) is 0 Å². The van der Waals surface area contributed by atoms with E-state index in [4.69, 9.17) is 14.7 Å². The molecule has 10 heteroatoms. The molecule has 0 saturated heterocycles. The van der Waals surface area contributed by atoms with E-state index in [2.05, 4.69) is 4.98 Å². The lowest BCUT2D eigenvalue weighted by Gasteiger charge is -2.26. The summed E-state index contributed by atoms with van der Waals surface area (Å²) < 4.78 is 23.3. The molecule has 0 spiro atoms. The van der Waals surface area contributed by atoms with E-state index in [1.807, 2.05) is 0 Å². The first kappa shape index (κ1) is 14.6. The Morgan fingerprint density at radius 3 is 2.59 bits per heavy atom. The molecule has 1 aromatic heterocycles. The fourth-order valence-electron chi connectivity index (χ4n) is 1.31. The molecule has 2 atom stereocenters. The van der Waals surface area contributed by atoms with Gasteiger partial charge in [-0.15, -0.1) is 0 Å². The maximum atomic E-state index is 11.1. The van der Waals surface area contributed by atoms with Gasteiger partial charge in [-0.05, 0) is 6.42 Å². The van der Waals surface area contributed by atoms with E-state index in [-0.39, 0.29) is 0 Å². The SMILES string of the molecule is CCc1cncn1CC(O)([PH](=O)O)P(=O)(O)O. The Morgan fingerprint density at radius 2 is 2.18 bits per heavy atom. The van der Waals surface area contributed by atoms with Crippen LogP contribution in [0.5, 0.6) is 0 Å². The first-order chi connectivity index (χ1) is 7.72. The van der Waals surface area contributed by atoms with E-state index in [0.29, 0.717) is 12.1 Å². The Balaban J connectivity index is 3.13. The summed E-state index contributed by atoms with van der Waals surface area (Å²) in [6, 6.07) is 0. The van der Waals surface area contributed by atoms with Crippen LogP contribution in [0.2, 0.25) is 0 Å². The van der Waals surface area contributed by atoms with Crippen LogP contribution in [0, 0.1) is 0 Å². The van der Waals surface area contributed by atoms with Crippen LogP contribution in [0.25, 0.3) is 0 Å². The predicted octanol–water partition coefficient (Wildman–Crippen LogP) is -0.264. The molecule has 1 rings (SSSR count). The molecule has 98 valence electrons. The second-order valence-corrected chi connectivity index (χ2v) is 7.22. The van der Waals surface area contributed by atoms with Gasteiger partial charge in [-0.25, -0.2) is 4.98 Å². The highest BCUT2D eigenvalue weighted by Crippen LogP contribution is 2.60. The molecule has 0 fully saturated rings. The molecule has 0 amide bonds. The number of aryl methyl sites for hydroxylation is 1. The fraction of sp³-hybridized carbons (Fsp3) is 0.571. The van der Waals surface area contributed by atoms with E-state index in [1.165, 1.54) is 17.1 Å². The molecule has 0 aliphatic heterocycles. The van der Waals surface area contributed by atoms with Gasteiger partial charge in [0.25, 0.3) is 5.08 Å². The van der Waals surface area contributed by atoms with Gasteiger partial charge >= 0.3 is 7.60 Å². The monoisotopic (exact) mass is 284 g/mol. The minimum Gasteiger partial charge on any atom is -0.368 e. The van der Waals surface area contributed by atoms with E-state index in [9.17, 15) is 14.2 Å². The summed E-state index contributed by atoms with van der Waals surface area (Å²) in [6.07, 6.45) is 3.21. The third-order valence-corrected chi connectivity index (χ3v) is 5.77. The van der Waals surface area contributed by atoms with Gasteiger partial charge < -0.3 is 24.4 Å². The molecule has 2 unspecified atom stereocenters. The van der Waals surface area contributed by atoms with E-state index in [1.54, 1.807) is 6.92 Å². The zero-order chi connectivity index (χ0) is 13.3. The summed E-state index contributed by atoms with van der Waals surface area (Å²) in [5, 5.41) is 6.73. The van der Waals surface area contributed by atoms with E-state index >= 15 is 0 Å². The third-order valence-electron chi connectivity index (χ3n) is 2.38. The predicted molar refractivity (Wildman–Crippen MR) is 59.8 cm³/mol. The van der Waals surface area contributed by atoms with Crippen molar-refractivity contribution in [1.29, 1.82) is 0 Å². The van der Waals surface area contributed by atoms with Crippen LogP contribution in [-0.2, 0) is 22.1 Å². The zero-order valence-electron chi connectivity index (χ0n) is 9.02. The van der Waals surface area contributed by atoms with Gasteiger partial charge in [0.1, 0.15) is 0 Å². The lowest BCUT2D eigenvalue weighted by Crippen LogP contribution is -2.30. The molecule has 0 aliphatic carbocycles. The van der Waals surface area contributed by atoms with Crippen molar-refractivity contribution in [3.05, 3.63) is 18.2 Å². The Hall–Kier alpha value is -0.490. The number of nitrogens with zero attached hydrogens (tertiary/aromatic N) is 2. The van der Waals surface area contributed by atoms with Gasteiger partial charge in [0.15, 0.2) is 0 Å². The van der Waals surface area contributed by atoms with Gasteiger partial charge in [0.2, 0.25) is 8.03 Å². The second kappa shape index (κ2) is 5.02. The first-order valence-electron chi connectivity index (χ1n) is 4.72. The van der Waals surface area contributed by atoms with Crippen molar-refractivity contribution in [1.82, 2.24) is 9.55 Å².